The Morgan fingerprint density at radius 3 is 2.53 bits per heavy atom. The summed E-state index contributed by atoms with van der Waals surface area (Å²) in [7, 11) is 0. The van der Waals surface area contributed by atoms with Gasteiger partial charge in [0.05, 0.1) is 12.1 Å². The molecular formula is C17H27NO. The van der Waals surface area contributed by atoms with Crippen molar-refractivity contribution in [2.24, 2.45) is 0 Å². The lowest BCUT2D eigenvalue weighted by atomic mass is 9.85. The molecule has 1 saturated carbocycles. The molecule has 1 aliphatic rings. The normalized spacial score (nSPS) is 20.2. The molecule has 106 valence electrons. The minimum Gasteiger partial charge on any atom is -0.394 e. The highest BCUT2D eigenvalue weighted by atomic mass is 16.3. The Morgan fingerprint density at radius 2 is 1.89 bits per heavy atom. The molecule has 0 aromatic heterocycles. The van der Waals surface area contributed by atoms with Gasteiger partial charge in [-0.25, -0.2) is 0 Å². The fraction of sp³-hybridized carbons (Fsp3) is 0.647. The molecule has 1 aromatic rings. The van der Waals surface area contributed by atoms with Crippen LogP contribution in [0.1, 0.15) is 55.7 Å². The maximum Gasteiger partial charge on any atom is 0.0652 e. The van der Waals surface area contributed by atoms with Gasteiger partial charge >= 0.3 is 0 Å². The smallest absolute Gasteiger partial charge is 0.0652 e. The Morgan fingerprint density at radius 1 is 1.21 bits per heavy atom. The van der Waals surface area contributed by atoms with Gasteiger partial charge in [0.2, 0.25) is 0 Å². The summed E-state index contributed by atoms with van der Waals surface area (Å²) < 4.78 is 0. The van der Waals surface area contributed by atoms with E-state index in [0.29, 0.717) is 6.04 Å². The highest BCUT2D eigenvalue weighted by Crippen LogP contribution is 2.28. The van der Waals surface area contributed by atoms with Crippen LogP contribution in [0.15, 0.2) is 18.2 Å². The number of aliphatic hydroxyl groups excluding tert-OH is 1. The highest BCUT2D eigenvalue weighted by Gasteiger charge is 2.30. The second-order valence-electron chi connectivity index (χ2n) is 6.29. The lowest BCUT2D eigenvalue weighted by molar-refractivity contribution is 0.150. The Kier molecular flexibility index (Phi) is 4.64. The molecule has 0 saturated heterocycles. The molecule has 2 N–H and O–H groups in total. The molecule has 1 aliphatic carbocycles. The molecule has 1 aromatic carbocycles. The van der Waals surface area contributed by atoms with E-state index in [2.05, 4.69) is 44.3 Å². The number of nitrogens with one attached hydrogen (secondary N) is 1. The van der Waals surface area contributed by atoms with Crippen LogP contribution >= 0.6 is 0 Å². The van der Waals surface area contributed by atoms with Gasteiger partial charge < -0.3 is 10.4 Å². The van der Waals surface area contributed by atoms with E-state index in [4.69, 9.17) is 0 Å². The summed E-state index contributed by atoms with van der Waals surface area (Å²) in [5.74, 6) is 0. The van der Waals surface area contributed by atoms with Crippen molar-refractivity contribution in [1.29, 1.82) is 0 Å². The number of hydrogen-bond acceptors (Lipinski definition) is 2. The second kappa shape index (κ2) is 6.06. The topological polar surface area (TPSA) is 32.3 Å². The Hall–Kier alpha value is -0.860. The molecular weight excluding hydrogens is 234 g/mol. The van der Waals surface area contributed by atoms with Gasteiger partial charge in [-0.1, -0.05) is 43.0 Å². The Labute approximate surface area is 117 Å². The lowest BCUT2D eigenvalue weighted by Gasteiger charge is -2.37. The molecule has 1 unspecified atom stereocenters. The van der Waals surface area contributed by atoms with Crippen LogP contribution in [0.5, 0.6) is 0 Å². The average Bonchev–Trinajstić information content (AvgIpc) is 2.42. The summed E-state index contributed by atoms with van der Waals surface area (Å²) in [6, 6.07) is 7.05. The SMILES string of the molecule is Cc1ccc(C)c(C(C)(CO)NC2CCCCC2)c1. The Bertz CT molecular complexity index is 423. The highest BCUT2D eigenvalue weighted by molar-refractivity contribution is 5.36. The number of rotatable bonds is 4. The van der Waals surface area contributed by atoms with Crippen molar-refractivity contribution < 1.29 is 5.11 Å². The van der Waals surface area contributed by atoms with Crippen molar-refractivity contribution in [2.45, 2.75) is 64.5 Å². The third-order valence-corrected chi connectivity index (χ3v) is 4.43. The molecule has 0 bridgehead atoms. The molecule has 0 aliphatic heterocycles. The van der Waals surface area contributed by atoms with Crippen LogP contribution < -0.4 is 5.32 Å². The second-order valence-corrected chi connectivity index (χ2v) is 6.29. The molecule has 19 heavy (non-hydrogen) atoms. The first-order valence-corrected chi connectivity index (χ1v) is 7.51. The minimum atomic E-state index is -0.321. The number of aliphatic hydroxyl groups is 1. The quantitative estimate of drug-likeness (QED) is 0.870. The zero-order chi connectivity index (χ0) is 13.9. The standard InChI is InChI=1S/C17H27NO/c1-13-9-10-14(2)16(11-13)17(3,12-19)18-15-7-5-4-6-8-15/h9-11,15,18-19H,4-8,12H2,1-3H3. The first kappa shape index (κ1) is 14.5. The van der Waals surface area contributed by atoms with E-state index in [-0.39, 0.29) is 12.1 Å². The van der Waals surface area contributed by atoms with Crippen LogP contribution in [0.25, 0.3) is 0 Å². The molecule has 0 amide bonds. The van der Waals surface area contributed by atoms with E-state index in [0.717, 1.165) is 0 Å². The van der Waals surface area contributed by atoms with Crippen molar-refractivity contribution in [3.8, 4) is 0 Å². The van der Waals surface area contributed by atoms with Crippen molar-refractivity contribution >= 4 is 0 Å². The third-order valence-electron chi connectivity index (χ3n) is 4.43. The van der Waals surface area contributed by atoms with Gasteiger partial charge in [0.1, 0.15) is 0 Å². The van der Waals surface area contributed by atoms with Crippen molar-refractivity contribution in [1.82, 2.24) is 5.32 Å². The van der Waals surface area contributed by atoms with E-state index in [1.165, 1.54) is 48.8 Å². The van der Waals surface area contributed by atoms with E-state index < -0.39 is 0 Å². The molecule has 1 fully saturated rings. The van der Waals surface area contributed by atoms with Crippen molar-refractivity contribution in [2.75, 3.05) is 6.61 Å². The summed E-state index contributed by atoms with van der Waals surface area (Å²) >= 11 is 0. The van der Waals surface area contributed by atoms with Crippen molar-refractivity contribution in [3.05, 3.63) is 34.9 Å². The van der Waals surface area contributed by atoms with Gasteiger partial charge in [-0.3, -0.25) is 0 Å². The minimum absolute atomic E-state index is 0.147. The monoisotopic (exact) mass is 261 g/mol. The Balaban J connectivity index is 2.22. The predicted molar refractivity (Wildman–Crippen MR) is 80.4 cm³/mol. The van der Waals surface area contributed by atoms with E-state index in [9.17, 15) is 5.11 Å². The van der Waals surface area contributed by atoms with Crippen molar-refractivity contribution in [3.63, 3.8) is 0 Å². The van der Waals surface area contributed by atoms with Crippen LogP contribution in [0, 0.1) is 13.8 Å². The maximum atomic E-state index is 9.92. The molecule has 0 heterocycles. The van der Waals surface area contributed by atoms with Gasteiger partial charge in [-0.15, -0.1) is 0 Å². The summed E-state index contributed by atoms with van der Waals surface area (Å²) in [6.45, 7) is 6.52. The fourth-order valence-electron chi connectivity index (χ4n) is 3.24. The zero-order valence-corrected chi connectivity index (χ0v) is 12.5. The first-order chi connectivity index (χ1) is 9.05. The van der Waals surface area contributed by atoms with Crippen LogP contribution in [-0.4, -0.2) is 17.8 Å². The number of benzene rings is 1. The van der Waals surface area contributed by atoms with Crippen LogP contribution in [0.3, 0.4) is 0 Å². The average molecular weight is 261 g/mol. The predicted octanol–water partition coefficient (Wildman–Crippen LogP) is 3.43. The van der Waals surface area contributed by atoms with Gasteiger partial charge in [-0.2, -0.15) is 0 Å². The van der Waals surface area contributed by atoms with Gasteiger partial charge in [0.15, 0.2) is 0 Å². The molecule has 0 spiro atoms. The summed E-state index contributed by atoms with van der Waals surface area (Å²) in [5.41, 5.74) is 3.43. The summed E-state index contributed by atoms with van der Waals surface area (Å²) in [6.07, 6.45) is 6.45. The fourth-order valence-corrected chi connectivity index (χ4v) is 3.24. The van der Waals surface area contributed by atoms with Crippen LogP contribution in [0.2, 0.25) is 0 Å². The molecule has 1 atom stereocenters. The molecule has 2 rings (SSSR count). The molecule has 0 radical (unpaired) electrons. The van der Waals surface area contributed by atoms with E-state index in [1.54, 1.807) is 0 Å². The number of hydrogen-bond donors (Lipinski definition) is 2. The number of aryl methyl sites for hydroxylation is 2. The molecule has 2 nitrogen and oxygen atoms in total. The van der Waals surface area contributed by atoms with Crippen LogP contribution in [0.4, 0.5) is 0 Å². The zero-order valence-electron chi connectivity index (χ0n) is 12.5. The van der Waals surface area contributed by atoms with E-state index >= 15 is 0 Å². The molecule has 2 heteroatoms. The lowest BCUT2D eigenvalue weighted by Crippen LogP contribution is -2.49. The summed E-state index contributed by atoms with van der Waals surface area (Å²) in [5, 5.41) is 13.6. The summed E-state index contributed by atoms with van der Waals surface area (Å²) in [4.78, 5) is 0. The maximum absolute atomic E-state index is 9.92. The first-order valence-electron chi connectivity index (χ1n) is 7.51. The van der Waals surface area contributed by atoms with E-state index in [1.807, 2.05) is 0 Å². The third kappa shape index (κ3) is 3.37. The van der Waals surface area contributed by atoms with Gasteiger partial charge in [0.25, 0.3) is 0 Å². The van der Waals surface area contributed by atoms with Crippen LogP contribution in [-0.2, 0) is 5.54 Å². The largest absolute Gasteiger partial charge is 0.394 e. The van der Waals surface area contributed by atoms with Gasteiger partial charge in [0, 0.05) is 6.04 Å². The van der Waals surface area contributed by atoms with Gasteiger partial charge in [-0.05, 0) is 44.7 Å².